The number of anilines is 1. The van der Waals surface area contributed by atoms with E-state index >= 15 is 0 Å². The number of carbonyl (C=O) groups is 3. The minimum Gasteiger partial charge on any atom is -0.465 e. The van der Waals surface area contributed by atoms with Crippen molar-refractivity contribution in [3.63, 3.8) is 0 Å². The van der Waals surface area contributed by atoms with Crippen LogP contribution in [0.4, 0.5) is 5.69 Å². The lowest BCUT2D eigenvalue weighted by Crippen LogP contribution is -2.20. The smallest absolute Gasteiger partial charge is 0.348 e. The van der Waals surface area contributed by atoms with E-state index in [0.717, 1.165) is 10.1 Å². The molecule has 1 aromatic heterocycles. The Morgan fingerprint density at radius 2 is 1.73 bits per heavy atom. The first-order chi connectivity index (χ1) is 12.6. The number of ether oxygens (including phenoxy) is 2. The average molecular weight is 369 g/mol. The number of thiophene rings is 1. The molecule has 1 heterocycles. The number of nitrogens with one attached hydrogen (secondary N) is 1. The van der Waals surface area contributed by atoms with E-state index in [4.69, 9.17) is 4.74 Å². The van der Waals surface area contributed by atoms with E-state index in [1.807, 2.05) is 24.3 Å². The summed E-state index contributed by atoms with van der Waals surface area (Å²) in [6.45, 7) is -0.397. The van der Waals surface area contributed by atoms with Crippen molar-refractivity contribution in [2.75, 3.05) is 19.0 Å². The molecule has 0 aliphatic rings. The molecule has 3 aromatic rings. The van der Waals surface area contributed by atoms with Crippen LogP contribution in [0.25, 0.3) is 10.1 Å². The second kappa shape index (κ2) is 7.79. The van der Waals surface area contributed by atoms with E-state index in [1.54, 1.807) is 18.2 Å². The molecule has 0 aliphatic heterocycles. The van der Waals surface area contributed by atoms with Crippen molar-refractivity contribution < 1.29 is 23.9 Å². The molecule has 0 atom stereocenters. The van der Waals surface area contributed by atoms with Gasteiger partial charge in [-0.05, 0) is 41.8 Å². The van der Waals surface area contributed by atoms with Gasteiger partial charge in [0, 0.05) is 10.4 Å². The predicted octanol–water partition coefficient (Wildman–Crippen LogP) is 3.48. The average Bonchev–Trinajstić information content (AvgIpc) is 3.10. The molecule has 7 heteroatoms. The van der Waals surface area contributed by atoms with Gasteiger partial charge in [0.1, 0.15) is 4.88 Å². The number of esters is 2. The molecule has 0 spiro atoms. The zero-order valence-corrected chi connectivity index (χ0v) is 14.7. The SMILES string of the molecule is COC(=O)c1ccc(NC(=O)COC(=O)c2cc3ccccc3s2)cc1. The first-order valence-electron chi connectivity index (χ1n) is 7.71. The van der Waals surface area contributed by atoms with Crippen molar-refractivity contribution >= 4 is 45.0 Å². The maximum atomic E-state index is 12.1. The van der Waals surface area contributed by atoms with Crippen LogP contribution in [-0.2, 0) is 14.3 Å². The summed E-state index contributed by atoms with van der Waals surface area (Å²) in [4.78, 5) is 35.8. The second-order valence-corrected chi connectivity index (χ2v) is 6.43. The number of amides is 1. The molecule has 0 aliphatic carbocycles. The molecule has 132 valence electrons. The van der Waals surface area contributed by atoms with Gasteiger partial charge in [-0.3, -0.25) is 4.79 Å². The summed E-state index contributed by atoms with van der Waals surface area (Å²) in [5.74, 6) is -1.46. The fourth-order valence-electron chi connectivity index (χ4n) is 2.29. The maximum Gasteiger partial charge on any atom is 0.348 e. The molecular formula is C19H15NO5S. The van der Waals surface area contributed by atoms with E-state index in [0.29, 0.717) is 16.1 Å². The molecule has 2 aromatic carbocycles. The summed E-state index contributed by atoms with van der Waals surface area (Å²) in [6, 6.07) is 15.6. The highest BCUT2D eigenvalue weighted by Crippen LogP contribution is 2.25. The Balaban J connectivity index is 1.55. The number of benzene rings is 2. The van der Waals surface area contributed by atoms with Gasteiger partial charge in [0.25, 0.3) is 5.91 Å². The molecule has 1 N–H and O–H groups in total. The third-order valence-corrected chi connectivity index (χ3v) is 4.65. The fourth-order valence-corrected chi connectivity index (χ4v) is 3.25. The molecule has 0 saturated carbocycles. The highest BCUT2D eigenvalue weighted by molar-refractivity contribution is 7.20. The van der Waals surface area contributed by atoms with Gasteiger partial charge in [0.05, 0.1) is 12.7 Å². The Kier molecular flexibility index (Phi) is 5.28. The van der Waals surface area contributed by atoms with Crippen molar-refractivity contribution in [3.05, 3.63) is 65.0 Å². The van der Waals surface area contributed by atoms with E-state index in [-0.39, 0.29) is 0 Å². The van der Waals surface area contributed by atoms with Crippen LogP contribution in [-0.4, -0.2) is 31.6 Å². The minimum atomic E-state index is -0.539. The zero-order valence-electron chi connectivity index (χ0n) is 13.9. The van der Waals surface area contributed by atoms with Crippen LogP contribution in [0, 0.1) is 0 Å². The van der Waals surface area contributed by atoms with Gasteiger partial charge in [-0.2, -0.15) is 0 Å². The van der Waals surface area contributed by atoms with Crippen molar-refractivity contribution in [1.82, 2.24) is 0 Å². The third kappa shape index (κ3) is 4.07. The standard InChI is InChI=1S/C19H15NO5S/c1-24-18(22)12-6-8-14(9-7-12)20-17(21)11-25-19(23)16-10-13-4-2-3-5-15(13)26-16/h2-10H,11H2,1H3,(H,20,21). The van der Waals surface area contributed by atoms with E-state index in [1.165, 1.54) is 30.6 Å². The molecule has 0 fully saturated rings. The van der Waals surface area contributed by atoms with Gasteiger partial charge in [-0.1, -0.05) is 18.2 Å². The predicted molar refractivity (Wildman–Crippen MR) is 98.5 cm³/mol. The van der Waals surface area contributed by atoms with Crippen LogP contribution in [0.5, 0.6) is 0 Å². The second-order valence-electron chi connectivity index (χ2n) is 5.34. The number of fused-ring (bicyclic) bond motifs is 1. The van der Waals surface area contributed by atoms with Crippen LogP contribution >= 0.6 is 11.3 Å². The Bertz CT molecular complexity index is 928. The van der Waals surface area contributed by atoms with E-state index in [9.17, 15) is 14.4 Å². The van der Waals surface area contributed by atoms with E-state index < -0.39 is 24.5 Å². The van der Waals surface area contributed by atoms with E-state index in [2.05, 4.69) is 10.1 Å². The molecule has 0 bridgehead atoms. The van der Waals surface area contributed by atoms with Crippen molar-refractivity contribution in [2.45, 2.75) is 0 Å². The molecule has 0 radical (unpaired) electrons. The number of rotatable bonds is 5. The maximum absolute atomic E-state index is 12.1. The molecule has 1 amide bonds. The Morgan fingerprint density at radius 3 is 2.42 bits per heavy atom. The summed E-state index contributed by atoms with van der Waals surface area (Å²) in [5, 5.41) is 3.55. The number of carbonyl (C=O) groups excluding carboxylic acids is 3. The molecule has 0 saturated heterocycles. The van der Waals surface area contributed by atoms with Gasteiger partial charge in [0.2, 0.25) is 0 Å². The highest BCUT2D eigenvalue weighted by Gasteiger charge is 2.14. The Morgan fingerprint density at radius 1 is 1.00 bits per heavy atom. The lowest BCUT2D eigenvalue weighted by Gasteiger charge is -2.06. The molecule has 0 unspecified atom stereocenters. The molecule has 3 rings (SSSR count). The van der Waals surface area contributed by atoms with Crippen molar-refractivity contribution in [1.29, 1.82) is 0 Å². The van der Waals surface area contributed by atoms with Gasteiger partial charge in [0.15, 0.2) is 6.61 Å². The lowest BCUT2D eigenvalue weighted by atomic mass is 10.2. The number of hydrogen-bond acceptors (Lipinski definition) is 6. The van der Waals surface area contributed by atoms with Crippen LogP contribution in [0.1, 0.15) is 20.0 Å². The minimum absolute atomic E-state index is 0.377. The first-order valence-corrected chi connectivity index (χ1v) is 8.52. The van der Waals surface area contributed by atoms with Crippen LogP contribution < -0.4 is 5.32 Å². The largest absolute Gasteiger partial charge is 0.465 e. The third-order valence-electron chi connectivity index (χ3n) is 3.55. The summed E-state index contributed by atoms with van der Waals surface area (Å²) in [7, 11) is 1.29. The summed E-state index contributed by atoms with van der Waals surface area (Å²) < 4.78 is 10.6. The van der Waals surface area contributed by atoms with Crippen LogP contribution in [0.2, 0.25) is 0 Å². The van der Waals surface area contributed by atoms with Crippen molar-refractivity contribution in [2.24, 2.45) is 0 Å². The Hall–Kier alpha value is -3.19. The van der Waals surface area contributed by atoms with Crippen LogP contribution in [0.3, 0.4) is 0 Å². The highest BCUT2D eigenvalue weighted by atomic mass is 32.1. The lowest BCUT2D eigenvalue weighted by molar-refractivity contribution is -0.119. The molecular weight excluding hydrogens is 354 g/mol. The van der Waals surface area contributed by atoms with Gasteiger partial charge in [-0.25, -0.2) is 9.59 Å². The van der Waals surface area contributed by atoms with Crippen LogP contribution in [0.15, 0.2) is 54.6 Å². The quantitative estimate of drug-likeness (QED) is 0.696. The fraction of sp³-hybridized carbons (Fsp3) is 0.105. The topological polar surface area (TPSA) is 81.7 Å². The normalized spacial score (nSPS) is 10.3. The van der Waals surface area contributed by atoms with Gasteiger partial charge >= 0.3 is 11.9 Å². The molecule has 26 heavy (non-hydrogen) atoms. The van der Waals surface area contributed by atoms with Crippen molar-refractivity contribution in [3.8, 4) is 0 Å². The Labute approximate surface area is 153 Å². The van der Waals surface area contributed by atoms with Gasteiger partial charge in [-0.15, -0.1) is 11.3 Å². The summed E-state index contributed by atoms with van der Waals surface area (Å²) in [6.07, 6.45) is 0. The monoisotopic (exact) mass is 369 g/mol. The number of methoxy groups -OCH3 is 1. The first kappa shape index (κ1) is 17.6. The summed E-state index contributed by atoms with van der Waals surface area (Å²) >= 11 is 1.32. The molecule has 6 nitrogen and oxygen atoms in total. The van der Waals surface area contributed by atoms with Gasteiger partial charge < -0.3 is 14.8 Å². The summed E-state index contributed by atoms with van der Waals surface area (Å²) in [5.41, 5.74) is 0.863. The zero-order chi connectivity index (χ0) is 18.5. The number of hydrogen-bond donors (Lipinski definition) is 1.